The Morgan fingerprint density at radius 2 is 2.00 bits per heavy atom. The number of carbonyl (C=O) groups excluding carboxylic acids is 2. The van der Waals surface area contributed by atoms with Gasteiger partial charge in [-0.05, 0) is 25.2 Å². The van der Waals surface area contributed by atoms with Crippen molar-refractivity contribution >= 4 is 11.9 Å². The minimum atomic E-state index is -0.705. The Morgan fingerprint density at radius 1 is 1.39 bits per heavy atom. The second-order valence-electron chi connectivity index (χ2n) is 6.50. The van der Waals surface area contributed by atoms with Gasteiger partial charge in [0.1, 0.15) is 0 Å². The maximum atomic E-state index is 12.2. The Morgan fingerprint density at radius 3 is 2.39 bits per heavy atom. The molecular formula is C14H24O4. The topological polar surface area (TPSA) is 52.6 Å². The van der Waals surface area contributed by atoms with Crippen LogP contribution in [0.4, 0.5) is 0 Å². The minimum Gasteiger partial charge on any atom is -0.463 e. The van der Waals surface area contributed by atoms with Crippen molar-refractivity contribution in [2.75, 3.05) is 6.61 Å². The van der Waals surface area contributed by atoms with Crippen LogP contribution < -0.4 is 0 Å². The number of ether oxygens (including phenoxy) is 2. The lowest BCUT2D eigenvalue weighted by molar-refractivity contribution is -0.169. The predicted molar refractivity (Wildman–Crippen MR) is 67.9 cm³/mol. The molecule has 1 heterocycles. The molecule has 0 saturated carbocycles. The van der Waals surface area contributed by atoms with Crippen LogP contribution in [0.1, 0.15) is 53.9 Å². The number of rotatable bonds is 4. The molecule has 0 aromatic rings. The van der Waals surface area contributed by atoms with Gasteiger partial charge in [0.05, 0.1) is 12.0 Å². The van der Waals surface area contributed by atoms with E-state index in [1.54, 1.807) is 0 Å². The Kier molecular flexibility index (Phi) is 4.41. The fraction of sp³-hybridized carbons (Fsp3) is 0.857. The zero-order valence-corrected chi connectivity index (χ0v) is 12.0. The van der Waals surface area contributed by atoms with E-state index >= 15 is 0 Å². The molecule has 0 N–H and O–H groups in total. The van der Waals surface area contributed by atoms with E-state index in [0.29, 0.717) is 19.4 Å². The Balaban J connectivity index is 2.69. The normalized spacial score (nSPS) is 23.4. The van der Waals surface area contributed by atoms with E-state index in [1.807, 2.05) is 13.8 Å². The number of cyclic esters (lactones) is 1. The average Bonchev–Trinajstić information content (AvgIpc) is 2.62. The molecule has 1 fully saturated rings. The lowest BCUT2D eigenvalue weighted by Gasteiger charge is -2.33. The first-order valence-electron chi connectivity index (χ1n) is 6.56. The van der Waals surface area contributed by atoms with Gasteiger partial charge in [-0.15, -0.1) is 0 Å². The second-order valence-corrected chi connectivity index (χ2v) is 6.50. The molecule has 18 heavy (non-hydrogen) atoms. The largest absolute Gasteiger partial charge is 0.463 e. The Labute approximate surface area is 109 Å². The molecule has 0 aromatic carbocycles. The zero-order chi connectivity index (χ0) is 14.0. The molecule has 1 saturated heterocycles. The van der Waals surface area contributed by atoms with Crippen molar-refractivity contribution < 1.29 is 19.1 Å². The zero-order valence-electron chi connectivity index (χ0n) is 12.0. The first kappa shape index (κ1) is 15.0. The average molecular weight is 256 g/mol. The van der Waals surface area contributed by atoms with Crippen LogP contribution in [0, 0.1) is 10.8 Å². The summed E-state index contributed by atoms with van der Waals surface area (Å²) in [5.74, 6) is -0.707. The summed E-state index contributed by atoms with van der Waals surface area (Å²) in [4.78, 5) is 23.6. The highest BCUT2D eigenvalue weighted by Gasteiger charge is 2.40. The molecule has 0 radical (unpaired) electrons. The number of carbonyl (C=O) groups is 2. The van der Waals surface area contributed by atoms with Crippen LogP contribution in [-0.2, 0) is 19.1 Å². The second kappa shape index (κ2) is 5.29. The summed E-state index contributed by atoms with van der Waals surface area (Å²) in [5.41, 5.74) is -0.499. The summed E-state index contributed by atoms with van der Waals surface area (Å²) in [6.07, 6.45) is 1.20. The monoisotopic (exact) mass is 256 g/mol. The minimum absolute atomic E-state index is 0.0416. The highest BCUT2D eigenvalue weighted by molar-refractivity contribution is 5.83. The summed E-state index contributed by atoms with van der Waals surface area (Å²) < 4.78 is 10.1. The van der Waals surface area contributed by atoms with Crippen LogP contribution in [0.5, 0.6) is 0 Å². The molecule has 0 aliphatic carbocycles. The van der Waals surface area contributed by atoms with Crippen LogP contribution in [0.25, 0.3) is 0 Å². The van der Waals surface area contributed by atoms with Crippen molar-refractivity contribution in [3.05, 3.63) is 0 Å². The van der Waals surface area contributed by atoms with Crippen molar-refractivity contribution in [1.29, 1.82) is 0 Å². The SMILES string of the molecule is CCC(C)(CC(C)(C)C)C(=O)OC1CCOC1=O. The molecule has 4 heteroatoms. The van der Waals surface area contributed by atoms with E-state index < -0.39 is 17.5 Å². The maximum Gasteiger partial charge on any atom is 0.347 e. The lowest BCUT2D eigenvalue weighted by Crippen LogP contribution is -2.37. The molecule has 0 aromatic heterocycles. The highest BCUT2D eigenvalue weighted by Crippen LogP contribution is 2.37. The number of hydrogen-bond donors (Lipinski definition) is 0. The quantitative estimate of drug-likeness (QED) is 0.726. The fourth-order valence-electron chi connectivity index (χ4n) is 2.37. The van der Waals surface area contributed by atoms with Gasteiger partial charge in [-0.2, -0.15) is 0 Å². The smallest absolute Gasteiger partial charge is 0.347 e. The van der Waals surface area contributed by atoms with Gasteiger partial charge >= 0.3 is 11.9 Å². The van der Waals surface area contributed by atoms with Gasteiger partial charge in [0.15, 0.2) is 0 Å². The van der Waals surface area contributed by atoms with E-state index in [1.165, 1.54) is 0 Å². The van der Waals surface area contributed by atoms with Crippen LogP contribution in [0.2, 0.25) is 0 Å². The summed E-state index contributed by atoms with van der Waals surface area (Å²) in [6.45, 7) is 10.5. The predicted octanol–water partition coefficient (Wildman–Crippen LogP) is 2.70. The third-order valence-electron chi connectivity index (χ3n) is 3.33. The first-order chi connectivity index (χ1) is 8.18. The number of esters is 2. The van der Waals surface area contributed by atoms with E-state index in [9.17, 15) is 9.59 Å². The molecule has 0 amide bonds. The van der Waals surface area contributed by atoms with Crippen molar-refractivity contribution in [1.82, 2.24) is 0 Å². The molecule has 1 rings (SSSR count). The third-order valence-corrected chi connectivity index (χ3v) is 3.33. The number of hydrogen-bond acceptors (Lipinski definition) is 4. The van der Waals surface area contributed by atoms with Crippen LogP contribution >= 0.6 is 0 Å². The molecular weight excluding hydrogens is 232 g/mol. The lowest BCUT2D eigenvalue weighted by atomic mass is 9.73. The van der Waals surface area contributed by atoms with Gasteiger partial charge in [-0.1, -0.05) is 27.7 Å². The summed E-state index contributed by atoms with van der Waals surface area (Å²) >= 11 is 0. The molecule has 0 spiro atoms. The first-order valence-corrected chi connectivity index (χ1v) is 6.56. The van der Waals surface area contributed by atoms with Gasteiger partial charge < -0.3 is 9.47 Å². The van der Waals surface area contributed by atoms with Crippen LogP contribution in [0.15, 0.2) is 0 Å². The molecule has 1 aliphatic rings. The van der Waals surface area contributed by atoms with Gasteiger partial charge in [-0.3, -0.25) is 4.79 Å². The Hall–Kier alpha value is -1.06. The molecule has 1 aliphatic heterocycles. The summed E-state index contributed by atoms with van der Waals surface area (Å²) in [6, 6.07) is 0. The van der Waals surface area contributed by atoms with E-state index in [2.05, 4.69) is 20.8 Å². The highest BCUT2D eigenvalue weighted by atomic mass is 16.6. The Bertz CT molecular complexity index is 329. The van der Waals surface area contributed by atoms with Crippen LogP contribution in [0.3, 0.4) is 0 Å². The molecule has 104 valence electrons. The third kappa shape index (κ3) is 3.72. The summed E-state index contributed by atoms with van der Waals surface area (Å²) in [5, 5.41) is 0. The summed E-state index contributed by atoms with van der Waals surface area (Å²) in [7, 11) is 0. The van der Waals surface area contributed by atoms with Crippen molar-refractivity contribution in [2.24, 2.45) is 10.8 Å². The van der Waals surface area contributed by atoms with Gasteiger partial charge in [0.2, 0.25) is 6.10 Å². The molecule has 2 atom stereocenters. The van der Waals surface area contributed by atoms with Crippen molar-refractivity contribution in [3.8, 4) is 0 Å². The molecule has 2 unspecified atom stereocenters. The van der Waals surface area contributed by atoms with E-state index in [4.69, 9.17) is 9.47 Å². The van der Waals surface area contributed by atoms with Crippen molar-refractivity contribution in [2.45, 2.75) is 60.0 Å². The molecule has 4 nitrogen and oxygen atoms in total. The van der Waals surface area contributed by atoms with E-state index in [-0.39, 0.29) is 11.4 Å². The standard InChI is InChI=1S/C14H24O4/c1-6-14(5,9-13(2,3)4)12(16)18-10-7-8-17-11(10)15/h10H,6-9H2,1-5H3. The fourth-order valence-corrected chi connectivity index (χ4v) is 2.37. The van der Waals surface area contributed by atoms with Crippen LogP contribution in [-0.4, -0.2) is 24.6 Å². The van der Waals surface area contributed by atoms with Gasteiger partial charge in [-0.25, -0.2) is 4.79 Å². The molecule has 0 bridgehead atoms. The van der Waals surface area contributed by atoms with Crippen molar-refractivity contribution in [3.63, 3.8) is 0 Å². The van der Waals surface area contributed by atoms with Gasteiger partial charge in [0, 0.05) is 6.42 Å². The maximum absolute atomic E-state index is 12.2. The van der Waals surface area contributed by atoms with Gasteiger partial charge in [0.25, 0.3) is 0 Å². The van der Waals surface area contributed by atoms with E-state index in [0.717, 1.165) is 6.42 Å².